The number of rotatable bonds is 2. The molecule has 108 valence electrons. The second kappa shape index (κ2) is 4.42. The third-order valence-electron chi connectivity index (χ3n) is 5.95. The summed E-state index contributed by atoms with van der Waals surface area (Å²) in [7, 11) is 0. The Kier molecular flexibility index (Phi) is 2.49. The Balaban J connectivity index is 1.74. The Morgan fingerprint density at radius 3 is 2.45 bits per heavy atom. The van der Waals surface area contributed by atoms with Crippen LogP contribution >= 0.6 is 0 Å². The first-order valence-corrected chi connectivity index (χ1v) is 8.29. The molecule has 5 rings (SSSR count). The summed E-state index contributed by atoms with van der Waals surface area (Å²) in [6.07, 6.45) is 15.1. The third kappa shape index (κ3) is 1.46. The molecule has 1 nitrogen and oxygen atoms in total. The lowest BCUT2D eigenvalue weighted by atomic mass is 9.53. The summed E-state index contributed by atoms with van der Waals surface area (Å²) in [5, 5.41) is 0. The van der Waals surface area contributed by atoms with Crippen LogP contribution in [0.1, 0.15) is 36.4 Å². The van der Waals surface area contributed by atoms with Gasteiger partial charge in [0.25, 0.3) is 0 Å². The van der Waals surface area contributed by atoms with E-state index in [-0.39, 0.29) is 0 Å². The van der Waals surface area contributed by atoms with E-state index < -0.39 is 0 Å². The van der Waals surface area contributed by atoms with Gasteiger partial charge in [0.1, 0.15) is 0 Å². The molecule has 3 aliphatic rings. The average molecular weight is 285 g/mol. The fourth-order valence-corrected chi connectivity index (χ4v) is 4.81. The molecule has 1 heterocycles. The van der Waals surface area contributed by atoms with Crippen LogP contribution in [0, 0.1) is 11.3 Å². The van der Waals surface area contributed by atoms with Crippen molar-refractivity contribution in [3.63, 3.8) is 0 Å². The van der Waals surface area contributed by atoms with Crippen molar-refractivity contribution in [3.8, 4) is 11.1 Å². The molecule has 1 fully saturated rings. The molecule has 0 radical (unpaired) electrons. The molecule has 22 heavy (non-hydrogen) atoms. The summed E-state index contributed by atoms with van der Waals surface area (Å²) >= 11 is 0. The first-order valence-electron chi connectivity index (χ1n) is 8.29. The van der Waals surface area contributed by atoms with Gasteiger partial charge in [-0.05, 0) is 35.4 Å². The monoisotopic (exact) mass is 285 g/mol. The summed E-state index contributed by atoms with van der Waals surface area (Å²) in [5.74, 6) is 1.01. The van der Waals surface area contributed by atoms with Gasteiger partial charge >= 0.3 is 0 Å². The van der Waals surface area contributed by atoms with Gasteiger partial charge in [-0.25, -0.2) is 0 Å². The fourth-order valence-electron chi connectivity index (χ4n) is 4.81. The SMILES string of the molecule is C1=CC(C2(C3c4ccccc4-c4cccnc43)CCC2)C=C1. The zero-order valence-corrected chi connectivity index (χ0v) is 12.6. The van der Waals surface area contributed by atoms with Gasteiger partial charge in [-0.2, -0.15) is 0 Å². The predicted octanol–water partition coefficient (Wildman–Crippen LogP) is 5.11. The molecule has 1 aromatic carbocycles. The Labute approximate surface area is 131 Å². The fraction of sp³-hybridized carbons (Fsp3) is 0.286. The van der Waals surface area contributed by atoms with Crippen LogP contribution in [0.25, 0.3) is 11.1 Å². The molecule has 3 aliphatic carbocycles. The van der Waals surface area contributed by atoms with E-state index in [1.807, 2.05) is 6.20 Å². The molecule has 1 saturated carbocycles. The molecule has 0 spiro atoms. The molecule has 2 aromatic rings. The van der Waals surface area contributed by atoms with Crippen molar-refractivity contribution in [1.29, 1.82) is 0 Å². The summed E-state index contributed by atoms with van der Waals surface area (Å²) in [4.78, 5) is 4.83. The van der Waals surface area contributed by atoms with E-state index in [1.165, 1.54) is 41.6 Å². The summed E-state index contributed by atoms with van der Waals surface area (Å²) in [5.41, 5.74) is 5.87. The van der Waals surface area contributed by atoms with Crippen molar-refractivity contribution < 1.29 is 0 Å². The number of hydrogen-bond donors (Lipinski definition) is 0. The normalized spacial score (nSPS) is 24.1. The minimum atomic E-state index is 0.333. The van der Waals surface area contributed by atoms with Gasteiger partial charge < -0.3 is 0 Å². The predicted molar refractivity (Wildman–Crippen MR) is 89.6 cm³/mol. The number of fused-ring (bicyclic) bond motifs is 3. The minimum Gasteiger partial charge on any atom is -0.260 e. The maximum atomic E-state index is 4.83. The molecule has 0 N–H and O–H groups in total. The third-order valence-corrected chi connectivity index (χ3v) is 5.95. The molecule has 1 aromatic heterocycles. The van der Waals surface area contributed by atoms with Gasteiger partial charge in [-0.1, -0.05) is 61.1 Å². The molecule has 0 aliphatic heterocycles. The van der Waals surface area contributed by atoms with E-state index in [2.05, 4.69) is 60.7 Å². The van der Waals surface area contributed by atoms with E-state index in [4.69, 9.17) is 4.98 Å². The Morgan fingerprint density at radius 1 is 0.909 bits per heavy atom. The molecular formula is C21H19N. The Bertz CT molecular complexity index is 738. The van der Waals surface area contributed by atoms with Gasteiger partial charge in [0.2, 0.25) is 0 Å². The van der Waals surface area contributed by atoms with E-state index in [1.54, 1.807) is 0 Å². The lowest BCUT2D eigenvalue weighted by Crippen LogP contribution is -2.41. The van der Waals surface area contributed by atoms with Gasteiger partial charge in [-0.3, -0.25) is 4.98 Å². The molecule has 0 saturated heterocycles. The van der Waals surface area contributed by atoms with Crippen LogP contribution in [-0.2, 0) is 0 Å². The molecule has 0 bridgehead atoms. The van der Waals surface area contributed by atoms with E-state index in [0.717, 1.165) is 0 Å². The zero-order chi connectivity index (χ0) is 14.6. The second-order valence-electron chi connectivity index (χ2n) is 6.84. The van der Waals surface area contributed by atoms with Crippen molar-refractivity contribution in [1.82, 2.24) is 4.98 Å². The molecular weight excluding hydrogens is 266 g/mol. The number of nitrogens with zero attached hydrogens (tertiary/aromatic N) is 1. The maximum Gasteiger partial charge on any atom is 0.0562 e. The van der Waals surface area contributed by atoms with Crippen LogP contribution in [0.3, 0.4) is 0 Å². The first-order chi connectivity index (χ1) is 10.9. The number of pyridine rings is 1. The smallest absolute Gasteiger partial charge is 0.0562 e. The highest BCUT2D eigenvalue weighted by atomic mass is 14.7. The molecule has 1 heteroatoms. The average Bonchev–Trinajstić information content (AvgIpc) is 3.15. The lowest BCUT2D eigenvalue weighted by molar-refractivity contribution is 0.0761. The van der Waals surface area contributed by atoms with Crippen LogP contribution < -0.4 is 0 Å². The topological polar surface area (TPSA) is 12.9 Å². The van der Waals surface area contributed by atoms with Crippen LogP contribution in [0.4, 0.5) is 0 Å². The largest absolute Gasteiger partial charge is 0.260 e. The van der Waals surface area contributed by atoms with Gasteiger partial charge in [0.05, 0.1) is 5.69 Å². The summed E-state index contributed by atoms with van der Waals surface area (Å²) in [6, 6.07) is 13.2. The van der Waals surface area contributed by atoms with Crippen molar-refractivity contribution in [2.24, 2.45) is 11.3 Å². The van der Waals surface area contributed by atoms with E-state index in [9.17, 15) is 0 Å². The number of hydrogen-bond acceptors (Lipinski definition) is 1. The van der Waals surface area contributed by atoms with Crippen LogP contribution in [-0.4, -0.2) is 4.98 Å². The minimum absolute atomic E-state index is 0.333. The van der Waals surface area contributed by atoms with Gasteiger partial charge in [0, 0.05) is 23.6 Å². The standard InChI is InChI=1S/C21H19N/c1-2-8-15(7-1)21(12-6-13-21)19-17-10-4-3-9-16(17)18-11-5-14-22-20(18)19/h1-5,7-11,14-15,19H,6,12-13H2. The Hall–Kier alpha value is -2.15. The molecule has 1 atom stereocenters. The van der Waals surface area contributed by atoms with Gasteiger partial charge in [-0.15, -0.1) is 0 Å². The highest BCUT2D eigenvalue weighted by Gasteiger charge is 2.52. The second-order valence-corrected chi connectivity index (χ2v) is 6.84. The van der Waals surface area contributed by atoms with Crippen molar-refractivity contribution in [2.75, 3.05) is 0 Å². The van der Waals surface area contributed by atoms with Crippen LogP contribution in [0.2, 0.25) is 0 Å². The quantitative estimate of drug-likeness (QED) is 0.747. The van der Waals surface area contributed by atoms with Gasteiger partial charge in [0.15, 0.2) is 0 Å². The van der Waals surface area contributed by atoms with Crippen LogP contribution in [0.5, 0.6) is 0 Å². The molecule has 0 amide bonds. The van der Waals surface area contributed by atoms with Crippen molar-refractivity contribution >= 4 is 0 Å². The zero-order valence-electron chi connectivity index (χ0n) is 12.6. The lowest BCUT2D eigenvalue weighted by Gasteiger charge is -2.50. The number of aromatic nitrogens is 1. The first kappa shape index (κ1) is 12.4. The summed E-state index contributed by atoms with van der Waals surface area (Å²) in [6.45, 7) is 0. The summed E-state index contributed by atoms with van der Waals surface area (Å²) < 4.78 is 0. The maximum absolute atomic E-state index is 4.83. The number of benzene rings is 1. The van der Waals surface area contributed by atoms with E-state index in [0.29, 0.717) is 17.3 Å². The highest BCUT2D eigenvalue weighted by Crippen LogP contribution is 2.63. The van der Waals surface area contributed by atoms with Crippen LogP contribution in [0.15, 0.2) is 66.9 Å². The number of allylic oxidation sites excluding steroid dienone is 4. The molecule has 1 unspecified atom stereocenters. The Morgan fingerprint density at radius 2 is 1.68 bits per heavy atom. The van der Waals surface area contributed by atoms with E-state index >= 15 is 0 Å². The van der Waals surface area contributed by atoms with Crippen molar-refractivity contribution in [2.45, 2.75) is 25.2 Å². The highest BCUT2D eigenvalue weighted by molar-refractivity contribution is 5.78. The van der Waals surface area contributed by atoms with Crippen molar-refractivity contribution in [3.05, 3.63) is 78.2 Å².